The molecule has 2 saturated heterocycles. The summed E-state index contributed by atoms with van der Waals surface area (Å²) in [6.45, 7) is 0. The monoisotopic (exact) mass is 492 g/mol. The molecule has 37 heavy (non-hydrogen) atoms. The second-order valence-corrected chi connectivity index (χ2v) is 11.1. The lowest BCUT2D eigenvalue weighted by atomic mass is 9.85. The van der Waals surface area contributed by atoms with Gasteiger partial charge in [-0.15, -0.1) is 0 Å². The fourth-order valence-corrected chi connectivity index (χ4v) is 7.78. The normalized spacial score (nSPS) is 36.3. The van der Waals surface area contributed by atoms with Gasteiger partial charge in [0.25, 0.3) is 0 Å². The van der Waals surface area contributed by atoms with Crippen molar-refractivity contribution in [2.75, 3.05) is 9.80 Å². The number of hydrogen-bond donors (Lipinski definition) is 0. The molecule has 0 aromatic heterocycles. The Hall–Kier alpha value is -4.00. The quantitative estimate of drug-likeness (QED) is 0.474. The first kappa shape index (κ1) is 21.1. The molecule has 4 amide bonds. The van der Waals surface area contributed by atoms with E-state index in [-0.39, 0.29) is 71.0 Å². The molecule has 0 unspecified atom stereocenters. The van der Waals surface area contributed by atoms with E-state index in [9.17, 15) is 19.2 Å². The largest absolute Gasteiger partial charge is 0.457 e. The zero-order valence-corrected chi connectivity index (χ0v) is 19.9. The summed E-state index contributed by atoms with van der Waals surface area (Å²) in [6.07, 6.45) is 10.2. The average molecular weight is 493 g/mol. The summed E-state index contributed by atoms with van der Waals surface area (Å²) in [6, 6.07) is 13.9. The molecule has 2 heterocycles. The lowest BCUT2D eigenvalue weighted by Crippen LogP contribution is -2.32. The number of nitrogens with zero attached hydrogens (tertiary/aromatic N) is 2. The topological polar surface area (TPSA) is 84.0 Å². The Bertz CT molecular complexity index is 1270. The molecule has 8 rings (SSSR count). The third-order valence-electron chi connectivity index (χ3n) is 9.37. The molecule has 7 nitrogen and oxygen atoms in total. The van der Waals surface area contributed by atoms with Crippen LogP contribution in [0.5, 0.6) is 11.5 Å². The molecule has 7 heteroatoms. The highest BCUT2D eigenvalue weighted by Gasteiger charge is 2.60. The molecule has 6 aliphatic rings. The van der Waals surface area contributed by atoms with Gasteiger partial charge in [-0.3, -0.25) is 29.0 Å². The Morgan fingerprint density at radius 2 is 0.784 bits per heavy atom. The minimum Gasteiger partial charge on any atom is -0.457 e. The molecule has 4 aliphatic carbocycles. The van der Waals surface area contributed by atoms with Crippen LogP contribution in [0, 0.1) is 47.3 Å². The van der Waals surface area contributed by atoms with Crippen LogP contribution in [0.1, 0.15) is 12.8 Å². The molecular weight excluding hydrogens is 468 g/mol. The van der Waals surface area contributed by atoms with E-state index in [0.29, 0.717) is 22.9 Å². The summed E-state index contributed by atoms with van der Waals surface area (Å²) in [5.41, 5.74) is 1.12. The standard InChI is InChI=1S/C30H24N2O5/c33-27-23-15-1-2-16(13-15)24(23)28(34)31(27)19-5-9-21(10-6-19)37-22-11-7-20(8-12-22)32-29(35)25-17-3-4-18(14-17)26(25)30(32)36/h1-12,15-18,23-26H,13-14H2/t15-,16-,17-,18-,23-,24+,25-,26+/m0/s1. The van der Waals surface area contributed by atoms with E-state index in [0.717, 1.165) is 12.8 Å². The first-order valence-electron chi connectivity index (χ1n) is 13.0. The zero-order valence-electron chi connectivity index (χ0n) is 19.9. The summed E-state index contributed by atoms with van der Waals surface area (Å²) in [5, 5.41) is 0. The summed E-state index contributed by atoms with van der Waals surface area (Å²) in [5.74, 6) is 0.531. The van der Waals surface area contributed by atoms with Crippen LogP contribution in [0.3, 0.4) is 0 Å². The lowest BCUT2D eigenvalue weighted by Gasteiger charge is -2.18. The number of ether oxygens (including phenoxy) is 1. The van der Waals surface area contributed by atoms with Crippen molar-refractivity contribution >= 4 is 35.0 Å². The van der Waals surface area contributed by atoms with E-state index in [1.807, 2.05) is 0 Å². The lowest BCUT2D eigenvalue weighted by molar-refractivity contribution is -0.124. The van der Waals surface area contributed by atoms with Crippen molar-refractivity contribution in [2.45, 2.75) is 12.8 Å². The summed E-state index contributed by atoms with van der Waals surface area (Å²) in [4.78, 5) is 54.8. The second-order valence-electron chi connectivity index (χ2n) is 11.1. The van der Waals surface area contributed by atoms with E-state index >= 15 is 0 Å². The Balaban J connectivity index is 0.973. The van der Waals surface area contributed by atoms with E-state index in [1.54, 1.807) is 48.5 Å². The molecule has 4 bridgehead atoms. The van der Waals surface area contributed by atoms with E-state index < -0.39 is 0 Å². The van der Waals surface area contributed by atoms with Crippen LogP contribution < -0.4 is 14.5 Å². The van der Waals surface area contributed by atoms with Crippen molar-refractivity contribution in [2.24, 2.45) is 47.3 Å². The molecule has 2 saturated carbocycles. The molecule has 0 spiro atoms. The maximum absolute atomic E-state index is 13.0. The first-order valence-corrected chi connectivity index (χ1v) is 13.0. The van der Waals surface area contributed by atoms with Gasteiger partial charge in [0.2, 0.25) is 23.6 Å². The van der Waals surface area contributed by atoms with Crippen LogP contribution in [0.4, 0.5) is 11.4 Å². The third-order valence-corrected chi connectivity index (χ3v) is 9.37. The maximum Gasteiger partial charge on any atom is 0.238 e. The van der Waals surface area contributed by atoms with Crippen molar-refractivity contribution in [3.05, 3.63) is 72.8 Å². The van der Waals surface area contributed by atoms with Crippen LogP contribution in [0.2, 0.25) is 0 Å². The van der Waals surface area contributed by atoms with Gasteiger partial charge in [0.1, 0.15) is 11.5 Å². The Morgan fingerprint density at radius 3 is 1.08 bits per heavy atom. The number of carbonyl (C=O) groups excluding carboxylic acids is 4. The first-order chi connectivity index (χ1) is 18.0. The number of fused-ring (bicyclic) bond motifs is 10. The average Bonchev–Trinajstić information content (AvgIpc) is 3.74. The molecule has 184 valence electrons. The van der Waals surface area contributed by atoms with Crippen LogP contribution in [-0.2, 0) is 19.2 Å². The number of benzene rings is 2. The highest BCUT2D eigenvalue weighted by molar-refractivity contribution is 6.23. The van der Waals surface area contributed by atoms with E-state index in [4.69, 9.17) is 4.74 Å². The van der Waals surface area contributed by atoms with Gasteiger partial charge in [-0.25, -0.2) is 0 Å². The number of carbonyl (C=O) groups is 4. The number of anilines is 2. The van der Waals surface area contributed by atoms with Gasteiger partial charge in [0.15, 0.2) is 0 Å². The van der Waals surface area contributed by atoms with Crippen LogP contribution in [0.25, 0.3) is 0 Å². The van der Waals surface area contributed by atoms with Gasteiger partial charge in [-0.1, -0.05) is 24.3 Å². The molecule has 2 aromatic carbocycles. The third kappa shape index (κ3) is 2.77. The van der Waals surface area contributed by atoms with Gasteiger partial charge in [-0.2, -0.15) is 0 Å². The van der Waals surface area contributed by atoms with Crippen molar-refractivity contribution in [1.29, 1.82) is 0 Å². The number of allylic oxidation sites excluding steroid dienone is 4. The Kier molecular flexibility index (Phi) is 4.15. The van der Waals surface area contributed by atoms with Crippen LogP contribution in [-0.4, -0.2) is 23.6 Å². The number of hydrogen-bond acceptors (Lipinski definition) is 5. The van der Waals surface area contributed by atoms with Gasteiger partial charge in [0, 0.05) is 0 Å². The highest BCUT2D eigenvalue weighted by Crippen LogP contribution is 2.54. The maximum atomic E-state index is 13.0. The molecule has 2 aliphatic heterocycles. The number of imide groups is 2. The fraction of sp³-hybridized carbons (Fsp3) is 0.333. The highest BCUT2D eigenvalue weighted by atomic mass is 16.5. The zero-order chi connectivity index (χ0) is 25.0. The molecule has 2 aromatic rings. The van der Waals surface area contributed by atoms with Crippen LogP contribution in [0.15, 0.2) is 72.8 Å². The van der Waals surface area contributed by atoms with Crippen LogP contribution >= 0.6 is 0 Å². The Morgan fingerprint density at radius 1 is 0.486 bits per heavy atom. The summed E-state index contributed by atoms with van der Waals surface area (Å²) in [7, 11) is 0. The minimum atomic E-state index is -0.225. The van der Waals surface area contributed by atoms with Crippen molar-refractivity contribution in [3.8, 4) is 11.5 Å². The fourth-order valence-electron chi connectivity index (χ4n) is 7.78. The minimum absolute atomic E-state index is 0.102. The van der Waals surface area contributed by atoms with Gasteiger partial charge in [0.05, 0.1) is 35.0 Å². The predicted molar refractivity (Wildman–Crippen MR) is 133 cm³/mol. The molecule has 0 N–H and O–H groups in total. The number of amides is 4. The summed E-state index contributed by atoms with van der Waals surface area (Å²) >= 11 is 0. The van der Waals surface area contributed by atoms with Gasteiger partial charge < -0.3 is 4.74 Å². The van der Waals surface area contributed by atoms with E-state index in [1.165, 1.54) is 9.80 Å². The predicted octanol–water partition coefficient (Wildman–Crippen LogP) is 4.10. The smallest absolute Gasteiger partial charge is 0.238 e. The van der Waals surface area contributed by atoms with Gasteiger partial charge in [-0.05, 0) is 85.0 Å². The van der Waals surface area contributed by atoms with Crippen molar-refractivity contribution in [1.82, 2.24) is 0 Å². The van der Waals surface area contributed by atoms with E-state index in [2.05, 4.69) is 24.3 Å². The molecule has 0 radical (unpaired) electrons. The molecular formula is C30H24N2O5. The number of rotatable bonds is 4. The molecule has 8 atom stereocenters. The van der Waals surface area contributed by atoms with Crippen molar-refractivity contribution < 1.29 is 23.9 Å². The van der Waals surface area contributed by atoms with Crippen molar-refractivity contribution in [3.63, 3.8) is 0 Å². The Labute approximate surface area is 213 Å². The molecule has 4 fully saturated rings. The SMILES string of the molecule is O=C1[C@@H]2[C@H](C(=O)N1c1ccc(Oc3ccc(N4C(=O)[C@@H]5[C@H](C4=O)[C@H]4C=C[C@H]5C4)cc3)cc1)[C@H]1C=C[C@H]2C1. The van der Waals surface area contributed by atoms with Gasteiger partial charge >= 0.3 is 0 Å². The second kappa shape index (κ2) is 7.28. The summed E-state index contributed by atoms with van der Waals surface area (Å²) < 4.78 is 5.96.